The summed E-state index contributed by atoms with van der Waals surface area (Å²) in [5.74, 6) is -0.339. The maximum atomic E-state index is 13.1. The van der Waals surface area contributed by atoms with Gasteiger partial charge in [-0.1, -0.05) is 12.1 Å². The van der Waals surface area contributed by atoms with Gasteiger partial charge in [-0.05, 0) is 46.6 Å². The molecule has 1 unspecified atom stereocenters. The molecule has 132 valence electrons. The van der Waals surface area contributed by atoms with E-state index in [9.17, 15) is 9.18 Å². The Bertz CT molecular complexity index is 970. The van der Waals surface area contributed by atoms with Crippen LogP contribution in [0.25, 0.3) is 0 Å². The van der Waals surface area contributed by atoms with E-state index >= 15 is 0 Å². The molecule has 3 heterocycles. The van der Waals surface area contributed by atoms with Gasteiger partial charge < -0.3 is 4.90 Å². The van der Waals surface area contributed by atoms with Crippen molar-refractivity contribution in [3.05, 3.63) is 76.0 Å². The molecule has 0 saturated heterocycles. The van der Waals surface area contributed by atoms with Crippen LogP contribution in [-0.4, -0.2) is 27.2 Å². The molecule has 7 heteroatoms. The molecule has 0 N–H and O–H groups in total. The molecule has 0 aliphatic carbocycles. The van der Waals surface area contributed by atoms with E-state index in [1.165, 1.54) is 12.1 Å². The summed E-state index contributed by atoms with van der Waals surface area (Å²) in [5, 5.41) is 4.40. The molecule has 0 radical (unpaired) electrons. The van der Waals surface area contributed by atoms with Gasteiger partial charge in [-0.25, -0.2) is 4.39 Å². The van der Waals surface area contributed by atoms with Gasteiger partial charge in [0.25, 0.3) is 5.91 Å². The molecular formula is C19H16BrFN4O. The van der Waals surface area contributed by atoms with Gasteiger partial charge in [0.1, 0.15) is 5.82 Å². The van der Waals surface area contributed by atoms with Gasteiger partial charge in [-0.3, -0.25) is 14.5 Å². The zero-order chi connectivity index (χ0) is 18.3. The zero-order valence-electron chi connectivity index (χ0n) is 14.1. The third-order valence-corrected chi connectivity index (χ3v) is 5.07. The second-order valence-electron chi connectivity index (χ2n) is 6.26. The molecule has 1 aliphatic rings. The second-order valence-corrected chi connectivity index (χ2v) is 7.18. The number of benzene rings is 1. The minimum atomic E-state index is -0.264. The molecule has 1 aromatic carbocycles. The molecule has 26 heavy (non-hydrogen) atoms. The van der Waals surface area contributed by atoms with Crippen LogP contribution in [0.3, 0.4) is 0 Å². The quantitative estimate of drug-likeness (QED) is 0.650. The number of carbonyl (C=O) groups is 1. The lowest BCUT2D eigenvalue weighted by Gasteiger charge is -2.26. The van der Waals surface area contributed by atoms with Gasteiger partial charge in [0.05, 0.1) is 29.2 Å². The normalized spacial score (nSPS) is 15.0. The summed E-state index contributed by atoms with van der Waals surface area (Å²) in [6.07, 6.45) is 5.95. The number of anilines is 1. The maximum Gasteiger partial charge on any atom is 0.260 e. The SMILES string of the molecule is CC(c1ccc(F)cc1)n1cc(N2CCc3ncc(Br)cc3C2=O)cn1. The average Bonchev–Trinajstić information content (AvgIpc) is 3.12. The van der Waals surface area contributed by atoms with E-state index in [1.807, 2.05) is 19.2 Å². The topological polar surface area (TPSA) is 51.0 Å². The van der Waals surface area contributed by atoms with E-state index < -0.39 is 0 Å². The van der Waals surface area contributed by atoms with Crippen LogP contribution in [0.15, 0.2) is 53.4 Å². The highest BCUT2D eigenvalue weighted by atomic mass is 79.9. The summed E-state index contributed by atoms with van der Waals surface area (Å²) < 4.78 is 15.7. The van der Waals surface area contributed by atoms with E-state index in [0.717, 1.165) is 21.4 Å². The average molecular weight is 415 g/mol. The molecule has 0 fully saturated rings. The van der Waals surface area contributed by atoms with Crippen molar-refractivity contribution in [2.45, 2.75) is 19.4 Å². The number of nitrogens with zero attached hydrogens (tertiary/aromatic N) is 4. The van der Waals surface area contributed by atoms with Crippen LogP contribution >= 0.6 is 15.9 Å². The Morgan fingerprint density at radius 3 is 2.77 bits per heavy atom. The number of amides is 1. The smallest absolute Gasteiger partial charge is 0.260 e. The number of fused-ring (bicyclic) bond motifs is 1. The largest absolute Gasteiger partial charge is 0.305 e. The van der Waals surface area contributed by atoms with Crippen molar-refractivity contribution in [3.63, 3.8) is 0 Å². The van der Waals surface area contributed by atoms with Gasteiger partial charge in [0.2, 0.25) is 0 Å². The molecule has 4 rings (SSSR count). The Morgan fingerprint density at radius 2 is 2.00 bits per heavy atom. The standard InChI is InChI=1S/C19H16BrFN4O/c1-12(13-2-4-15(21)5-3-13)25-11-16(10-23-25)24-7-6-18-17(19(24)26)8-14(20)9-22-18/h2-5,8-12H,6-7H2,1H3. The highest BCUT2D eigenvalue weighted by Gasteiger charge is 2.27. The van der Waals surface area contributed by atoms with Gasteiger partial charge in [-0.2, -0.15) is 5.10 Å². The van der Waals surface area contributed by atoms with Crippen molar-refractivity contribution in [3.8, 4) is 0 Å². The highest BCUT2D eigenvalue weighted by Crippen LogP contribution is 2.27. The molecule has 1 aliphatic heterocycles. The molecule has 5 nitrogen and oxygen atoms in total. The summed E-state index contributed by atoms with van der Waals surface area (Å²) in [6.45, 7) is 2.55. The fourth-order valence-electron chi connectivity index (χ4n) is 3.14. The number of pyridine rings is 1. The van der Waals surface area contributed by atoms with Crippen LogP contribution in [0.5, 0.6) is 0 Å². The van der Waals surface area contributed by atoms with Crippen LogP contribution in [0.1, 0.15) is 34.6 Å². The molecular weight excluding hydrogens is 399 g/mol. The lowest BCUT2D eigenvalue weighted by molar-refractivity contribution is 0.0979. The fraction of sp³-hybridized carbons (Fsp3) is 0.211. The lowest BCUT2D eigenvalue weighted by atomic mass is 10.0. The maximum absolute atomic E-state index is 13.1. The molecule has 0 saturated carbocycles. The van der Waals surface area contributed by atoms with Gasteiger partial charge in [-0.15, -0.1) is 0 Å². The van der Waals surface area contributed by atoms with Crippen molar-refractivity contribution in [2.75, 3.05) is 11.4 Å². The monoisotopic (exact) mass is 414 g/mol. The molecule has 0 bridgehead atoms. The minimum Gasteiger partial charge on any atom is -0.305 e. The first kappa shape index (κ1) is 16.9. The Labute approximate surface area is 158 Å². The number of hydrogen-bond acceptors (Lipinski definition) is 3. The Balaban J connectivity index is 1.60. The van der Waals surface area contributed by atoms with Crippen LogP contribution in [0.4, 0.5) is 10.1 Å². The van der Waals surface area contributed by atoms with E-state index in [2.05, 4.69) is 26.0 Å². The van der Waals surface area contributed by atoms with E-state index in [0.29, 0.717) is 18.5 Å². The zero-order valence-corrected chi connectivity index (χ0v) is 15.6. The predicted molar refractivity (Wildman–Crippen MR) is 99.8 cm³/mol. The van der Waals surface area contributed by atoms with Crippen LogP contribution in [0.2, 0.25) is 0 Å². The van der Waals surface area contributed by atoms with Crippen molar-refractivity contribution in [2.24, 2.45) is 0 Å². The van der Waals surface area contributed by atoms with Gasteiger partial charge in [0.15, 0.2) is 0 Å². The summed E-state index contributed by atoms with van der Waals surface area (Å²) >= 11 is 3.37. The Hall–Kier alpha value is -2.54. The second kappa shape index (κ2) is 6.64. The van der Waals surface area contributed by atoms with E-state index in [1.54, 1.807) is 34.1 Å². The highest BCUT2D eigenvalue weighted by molar-refractivity contribution is 9.10. The van der Waals surface area contributed by atoms with E-state index in [4.69, 9.17) is 0 Å². The number of hydrogen-bond donors (Lipinski definition) is 0. The third kappa shape index (κ3) is 3.03. The Morgan fingerprint density at radius 1 is 1.23 bits per heavy atom. The summed E-state index contributed by atoms with van der Waals surface area (Å²) in [6, 6.07) is 8.10. The molecule has 1 atom stereocenters. The van der Waals surface area contributed by atoms with Crippen molar-refractivity contribution in [1.82, 2.24) is 14.8 Å². The first-order chi connectivity index (χ1) is 12.5. The summed E-state index contributed by atoms with van der Waals surface area (Å²) in [4.78, 5) is 18.9. The molecule has 2 aromatic heterocycles. The van der Waals surface area contributed by atoms with Gasteiger partial charge >= 0.3 is 0 Å². The van der Waals surface area contributed by atoms with Crippen molar-refractivity contribution >= 4 is 27.5 Å². The summed E-state index contributed by atoms with van der Waals surface area (Å²) in [5.41, 5.74) is 3.13. The van der Waals surface area contributed by atoms with Crippen molar-refractivity contribution in [1.29, 1.82) is 0 Å². The number of rotatable bonds is 3. The number of aromatic nitrogens is 3. The third-order valence-electron chi connectivity index (χ3n) is 4.63. The number of carbonyl (C=O) groups excluding carboxylic acids is 1. The minimum absolute atomic E-state index is 0.0626. The van der Waals surface area contributed by atoms with Crippen LogP contribution in [-0.2, 0) is 6.42 Å². The molecule has 1 amide bonds. The molecule has 0 spiro atoms. The van der Waals surface area contributed by atoms with Gasteiger partial charge in [0, 0.05) is 29.8 Å². The van der Waals surface area contributed by atoms with E-state index in [-0.39, 0.29) is 17.8 Å². The molecule has 3 aromatic rings. The fourth-order valence-corrected chi connectivity index (χ4v) is 3.47. The van der Waals surface area contributed by atoms with Crippen LogP contribution in [0, 0.1) is 5.82 Å². The predicted octanol–water partition coefficient (Wildman–Crippen LogP) is 3.99. The first-order valence-corrected chi connectivity index (χ1v) is 9.08. The Kier molecular flexibility index (Phi) is 4.32. The van der Waals surface area contributed by atoms with Crippen LogP contribution < -0.4 is 4.90 Å². The van der Waals surface area contributed by atoms with Crippen molar-refractivity contribution < 1.29 is 9.18 Å². The summed E-state index contributed by atoms with van der Waals surface area (Å²) in [7, 11) is 0. The number of halogens is 2. The lowest BCUT2D eigenvalue weighted by Crippen LogP contribution is -2.37. The first-order valence-electron chi connectivity index (χ1n) is 8.29.